The van der Waals surface area contributed by atoms with Gasteiger partial charge in [0.1, 0.15) is 0 Å². The monoisotopic (exact) mass is 321 g/mol. The molecule has 1 saturated carbocycles. The van der Waals surface area contributed by atoms with Crippen LogP contribution in [0.15, 0.2) is 17.4 Å². The predicted octanol–water partition coefficient (Wildman–Crippen LogP) is 1.72. The summed E-state index contributed by atoms with van der Waals surface area (Å²) in [6, 6.07) is 0. The van der Waals surface area contributed by atoms with Gasteiger partial charge in [-0.15, -0.1) is 0 Å². The number of aliphatic imine (C=N–C) groups is 1. The second-order valence-corrected chi connectivity index (χ2v) is 6.19. The van der Waals surface area contributed by atoms with Crippen molar-refractivity contribution in [2.75, 3.05) is 32.8 Å². The van der Waals surface area contributed by atoms with Gasteiger partial charge in [-0.3, -0.25) is 9.67 Å². The van der Waals surface area contributed by atoms with E-state index in [-0.39, 0.29) is 0 Å². The molecule has 1 heterocycles. The first kappa shape index (κ1) is 17.8. The van der Waals surface area contributed by atoms with Crippen molar-refractivity contribution in [3.63, 3.8) is 0 Å². The number of guanidine groups is 1. The van der Waals surface area contributed by atoms with E-state index < -0.39 is 0 Å². The van der Waals surface area contributed by atoms with Crippen LogP contribution in [0.2, 0.25) is 0 Å². The molecule has 0 amide bonds. The fourth-order valence-electron chi connectivity index (χ4n) is 2.33. The summed E-state index contributed by atoms with van der Waals surface area (Å²) in [5, 5.41) is 10.8. The quantitative estimate of drug-likeness (QED) is 0.370. The van der Waals surface area contributed by atoms with Crippen LogP contribution in [0.3, 0.4) is 0 Å². The Morgan fingerprint density at radius 2 is 2.26 bits per heavy atom. The Bertz CT molecular complexity index is 467. The molecule has 1 aromatic heterocycles. The van der Waals surface area contributed by atoms with E-state index in [9.17, 15) is 0 Å². The number of hydrogen-bond acceptors (Lipinski definition) is 3. The highest BCUT2D eigenvalue weighted by atomic mass is 16.5. The van der Waals surface area contributed by atoms with Crippen molar-refractivity contribution in [1.29, 1.82) is 0 Å². The third-order valence-electron chi connectivity index (χ3n) is 3.80. The second-order valence-electron chi connectivity index (χ2n) is 6.19. The summed E-state index contributed by atoms with van der Waals surface area (Å²) in [4.78, 5) is 4.62. The molecule has 2 rings (SSSR count). The highest BCUT2D eigenvalue weighted by Crippen LogP contribution is 2.28. The summed E-state index contributed by atoms with van der Waals surface area (Å²) in [7, 11) is 1.95. The zero-order valence-electron chi connectivity index (χ0n) is 14.6. The number of aromatic nitrogens is 2. The standard InChI is InChI=1S/C17H31N5O/c1-3-18-17(20-10-5-11-23-14-15-7-8-15)19-9-4-6-16-12-21-22(2)13-16/h12-13,15H,3-11,14H2,1-2H3,(H2,18,19,20). The Balaban J connectivity index is 1.55. The van der Waals surface area contributed by atoms with Gasteiger partial charge < -0.3 is 15.4 Å². The van der Waals surface area contributed by atoms with Crippen LogP contribution in [0.25, 0.3) is 0 Å². The van der Waals surface area contributed by atoms with Gasteiger partial charge >= 0.3 is 0 Å². The second kappa shape index (κ2) is 10.3. The first-order chi connectivity index (χ1) is 11.3. The molecule has 1 aliphatic carbocycles. The normalized spacial score (nSPS) is 15.0. The van der Waals surface area contributed by atoms with Gasteiger partial charge in [0.15, 0.2) is 5.96 Å². The lowest BCUT2D eigenvalue weighted by molar-refractivity contribution is 0.123. The molecular formula is C17H31N5O. The van der Waals surface area contributed by atoms with E-state index in [0.717, 1.165) is 64.0 Å². The third-order valence-corrected chi connectivity index (χ3v) is 3.80. The van der Waals surface area contributed by atoms with E-state index in [0.29, 0.717) is 0 Å². The van der Waals surface area contributed by atoms with Gasteiger partial charge in [-0.25, -0.2) is 0 Å². The van der Waals surface area contributed by atoms with Gasteiger partial charge in [0, 0.05) is 46.1 Å². The minimum Gasteiger partial charge on any atom is -0.381 e. The molecule has 6 heteroatoms. The van der Waals surface area contributed by atoms with Gasteiger partial charge in [0.25, 0.3) is 0 Å². The molecule has 6 nitrogen and oxygen atoms in total. The number of nitrogens with zero attached hydrogens (tertiary/aromatic N) is 3. The van der Waals surface area contributed by atoms with Crippen LogP contribution in [0, 0.1) is 5.92 Å². The smallest absolute Gasteiger partial charge is 0.191 e. The van der Waals surface area contributed by atoms with E-state index in [1.165, 1.54) is 18.4 Å². The Morgan fingerprint density at radius 3 is 2.96 bits per heavy atom. The van der Waals surface area contributed by atoms with Gasteiger partial charge in [0.2, 0.25) is 0 Å². The summed E-state index contributed by atoms with van der Waals surface area (Å²) in [5.74, 6) is 1.75. The van der Waals surface area contributed by atoms with Crippen molar-refractivity contribution >= 4 is 5.96 Å². The van der Waals surface area contributed by atoms with Crippen LogP contribution in [0.5, 0.6) is 0 Å². The molecule has 23 heavy (non-hydrogen) atoms. The van der Waals surface area contributed by atoms with Crippen LogP contribution < -0.4 is 10.6 Å². The van der Waals surface area contributed by atoms with E-state index in [1.807, 2.05) is 17.9 Å². The van der Waals surface area contributed by atoms with Gasteiger partial charge in [-0.1, -0.05) is 0 Å². The molecule has 1 fully saturated rings. The number of aryl methyl sites for hydroxylation is 2. The fraction of sp³-hybridized carbons (Fsp3) is 0.765. The Labute approximate surface area is 139 Å². The van der Waals surface area contributed by atoms with Gasteiger partial charge in [0.05, 0.1) is 6.20 Å². The Morgan fingerprint density at radius 1 is 1.39 bits per heavy atom. The molecule has 0 spiro atoms. The summed E-state index contributed by atoms with van der Waals surface area (Å²) in [5.41, 5.74) is 1.27. The number of ether oxygens (including phenoxy) is 1. The molecule has 0 atom stereocenters. The van der Waals surface area contributed by atoms with Crippen LogP contribution in [0.4, 0.5) is 0 Å². The molecular weight excluding hydrogens is 290 g/mol. The maximum absolute atomic E-state index is 5.64. The van der Waals surface area contributed by atoms with Crippen molar-refractivity contribution in [2.24, 2.45) is 18.0 Å². The molecule has 1 aromatic rings. The van der Waals surface area contributed by atoms with E-state index in [1.54, 1.807) is 0 Å². The molecule has 130 valence electrons. The van der Waals surface area contributed by atoms with Crippen molar-refractivity contribution < 1.29 is 4.74 Å². The van der Waals surface area contributed by atoms with Crippen molar-refractivity contribution in [3.8, 4) is 0 Å². The molecule has 0 radical (unpaired) electrons. The summed E-state index contributed by atoms with van der Waals surface area (Å²) in [6.07, 6.45) is 9.78. The van der Waals surface area contributed by atoms with Crippen LogP contribution >= 0.6 is 0 Å². The van der Waals surface area contributed by atoms with Crippen molar-refractivity contribution in [1.82, 2.24) is 20.4 Å². The molecule has 0 aromatic carbocycles. The fourth-order valence-corrected chi connectivity index (χ4v) is 2.33. The van der Waals surface area contributed by atoms with Crippen molar-refractivity contribution in [2.45, 2.75) is 39.0 Å². The van der Waals surface area contributed by atoms with Crippen LogP contribution in [-0.4, -0.2) is 48.6 Å². The van der Waals surface area contributed by atoms with Crippen molar-refractivity contribution in [3.05, 3.63) is 18.0 Å². The average molecular weight is 321 g/mol. The van der Waals surface area contributed by atoms with Gasteiger partial charge in [-0.05, 0) is 50.5 Å². The number of hydrogen-bond donors (Lipinski definition) is 2. The molecule has 0 unspecified atom stereocenters. The average Bonchev–Trinajstić information content (AvgIpc) is 3.27. The maximum atomic E-state index is 5.64. The number of nitrogens with one attached hydrogen (secondary N) is 2. The zero-order valence-corrected chi connectivity index (χ0v) is 14.6. The lowest BCUT2D eigenvalue weighted by atomic mass is 10.2. The first-order valence-corrected chi connectivity index (χ1v) is 8.85. The Kier molecular flexibility index (Phi) is 7.93. The molecule has 0 saturated heterocycles. The lowest BCUT2D eigenvalue weighted by Gasteiger charge is -2.11. The van der Waals surface area contributed by atoms with E-state index in [2.05, 4.69) is 33.8 Å². The molecule has 0 aliphatic heterocycles. The summed E-state index contributed by atoms with van der Waals surface area (Å²) >= 11 is 0. The number of rotatable bonds is 11. The highest BCUT2D eigenvalue weighted by molar-refractivity contribution is 5.79. The SMILES string of the molecule is CCNC(=NCCCc1cnn(C)c1)NCCCOCC1CC1. The van der Waals surface area contributed by atoms with Gasteiger partial charge in [-0.2, -0.15) is 5.10 Å². The maximum Gasteiger partial charge on any atom is 0.191 e. The van der Waals surface area contributed by atoms with E-state index >= 15 is 0 Å². The molecule has 1 aliphatic rings. The lowest BCUT2D eigenvalue weighted by Crippen LogP contribution is -2.38. The first-order valence-electron chi connectivity index (χ1n) is 8.85. The topological polar surface area (TPSA) is 63.5 Å². The van der Waals surface area contributed by atoms with E-state index in [4.69, 9.17) is 4.74 Å². The molecule has 2 N–H and O–H groups in total. The minimum atomic E-state index is 0.822. The highest BCUT2D eigenvalue weighted by Gasteiger charge is 2.20. The predicted molar refractivity (Wildman–Crippen MR) is 93.7 cm³/mol. The largest absolute Gasteiger partial charge is 0.381 e. The third kappa shape index (κ3) is 8.02. The zero-order chi connectivity index (χ0) is 16.3. The van der Waals surface area contributed by atoms with Crippen LogP contribution in [0.1, 0.15) is 38.2 Å². The summed E-state index contributed by atoms with van der Waals surface area (Å²) < 4.78 is 7.48. The molecule has 0 bridgehead atoms. The Hall–Kier alpha value is -1.56. The minimum absolute atomic E-state index is 0.822. The van der Waals surface area contributed by atoms with Crippen LogP contribution in [-0.2, 0) is 18.2 Å². The summed E-state index contributed by atoms with van der Waals surface area (Å²) in [6.45, 7) is 6.48.